The highest BCUT2D eigenvalue weighted by Gasteiger charge is 2.27. The van der Waals surface area contributed by atoms with Crippen molar-refractivity contribution in [2.24, 2.45) is 0 Å². The summed E-state index contributed by atoms with van der Waals surface area (Å²) in [5.41, 5.74) is 0.457. The van der Waals surface area contributed by atoms with E-state index in [1.165, 1.54) is 0 Å². The molecule has 0 aliphatic carbocycles. The smallest absolute Gasteiger partial charge is 0.254 e. The number of benzene rings is 1. The first-order chi connectivity index (χ1) is 8.65. The zero-order valence-corrected chi connectivity index (χ0v) is 10.3. The number of carbonyl (C=O) groups is 1. The van der Waals surface area contributed by atoms with Gasteiger partial charge in [0.05, 0.1) is 11.1 Å². The van der Waals surface area contributed by atoms with Crippen molar-refractivity contribution >= 4 is 17.5 Å². The van der Waals surface area contributed by atoms with Crippen LogP contribution in [0.15, 0.2) is 12.1 Å². The van der Waals surface area contributed by atoms with Gasteiger partial charge in [-0.3, -0.25) is 4.79 Å². The maximum absolute atomic E-state index is 12.2. The molecule has 96 valence electrons. The van der Waals surface area contributed by atoms with Gasteiger partial charge in [0.1, 0.15) is 0 Å². The predicted molar refractivity (Wildman–Crippen MR) is 64.1 cm³/mol. The number of β-amino-alcohol motifs (C(OH)–C–C–N with tert-alkyl or cyclic N) is 1. The van der Waals surface area contributed by atoms with Gasteiger partial charge in [0.2, 0.25) is 6.79 Å². The molecule has 6 heteroatoms. The molecule has 0 radical (unpaired) electrons. The molecule has 1 atom stereocenters. The summed E-state index contributed by atoms with van der Waals surface area (Å²) in [5.74, 6) is 0.826. The quantitative estimate of drug-likeness (QED) is 0.834. The molecule has 0 aromatic heterocycles. The van der Waals surface area contributed by atoms with Crippen molar-refractivity contribution in [3.05, 3.63) is 22.7 Å². The average molecular weight is 270 g/mol. The minimum absolute atomic E-state index is 0.120. The number of halogens is 1. The van der Waals surface area contributed by atoms with E-state index in [0.717, 1.165) is 0 Å². The van der Waals surface area contributed by atoms with Crippen LogP contribution in [0.1, 0.15) is 16.8 Å². The summed E-state index contributed by atoms with van der Waals surface area (Å²) < 4.78 is 10.4. The lowest BCUT2D eigenvalue weighted by molar-refractivity contribution is 0.0764. The van der Waals surface area contributed by atoms with E-state index >= 15 is 0 Å². The Balaban J connectivity index is 1.88. The first-order valence-corrected chi connectivity index (χ1v) is 6.09. The highest BCUT2D eigenvalue weighted by molar-refractivity contribution is 6.32. The summed E-state index contributed by atoms with van der Waals surface area (Å²) in [6, 6.07) is 3.20. The van der Waals surface area contributed by atoms with Crippen molar-refractivity contribution in [1.29, 1.82) is 0 Å². The van der Waals surface area contributed by atoms with E-state index in [1.54, 1.807) is 17.0 Å². The molecule has 3 rings (SSSR count). The number of hydrogen-bond donors (Lipinski definition) is 1. The first kappa shape index (κ1) is 11.6. The molecule has 1 saturated heterocycles. The van der Waals surface area contributed by atoms with Crippen molar-refractivity contribution in [2.75, 3.05) is 19.9 Å². The maximum Gasteiger partial charge on any atom is 0.254 e. The van der Waals surface area contributed by atoms with Gasteiger partial charge in [0, 0.05) is 18.7 Å². The van der Waals surface area contributed by atoms with Gasteiger partial charge >= 0.3 is 0 Å². The molecule has 18 heavy (non-hydrogen) atoms. The minimum atomic E-state index is -0.432. The molecule has 2 aliphatic heterocycles. The second kappa shape index (κ2) is 4.33. The molecule has 1 N–H and O–H groups in total. The molecule has 1 amide bonds. The molecule has 1 aromatic carbocycles. The van der Waals surface area contributed by atoms with Crippen molar-refractivity contribution in [3.63, 3.8) is 0 Å². The van der Waals surface area contributed by atoms with Gasteiger partial charge in [-0.05, 0) is 18.6 Å². The van der Waals surface area contributed by atoms with Crippen molar-refractivity contribution in [2.45, 2.75) is 12.5 Å². The molecule has 0 bridgehead atoms. The predicted octanol–water partition coefficient (Wildman–Crippen LogP) is 1.28. The highest BCUT2D eigenvalue weighted by Crippen LogP contribution is 2.40. The topological polar surface area (TPSA) is 59.0 Å². The van der Waals surface area contributed by atoms with Crippen LogP contribution >= 0.6 is 11.6 Å². The van der Waals surface area contributed by atoms with Crippen LogP contribution in [0, 0.1) is 0 Å². The van der Waals surface area contributed by atoms with E-state index in [9.17, 15) is 9.90 Å². The van der Waals surface area contributed by atoms with Crippen molar-refractivity contribution in [3.8, 4) is 11.5 Å². The average Bonchev–Trinajstić information content (AvgIpc) is 2.96. The number of aliphatic hydroxyl groups excluding tert-OH is 1. The van der Waals surface area contributed by atoms with Gasteiger partial charge in [-0.1, -0.05) is 11.6 Å². The number of likely N-dealkylation sites (tertiary alicyclic amines) is 1. The molecule has 1 fully saturated rings. The Kier molecular flexibility index (Phi) is 2.80. The molecule has 0 spiro atoms. The fourth-order valence-corrected chi connectivity index (χ4v) is 2.46. The van der Waals surface area contributed by atoms with Gasteiger partial charge in [0.15, 0.2) is 11.5 Å². The van der Waals surface area contributed by atoms with Gasteiger partial charge in [-0.15, -0.1) is 0 Å². The lowest BCUT2D eigenvalue weighted by Crippen LogP contribution is -2.29. The van der Waals surface area contributed by atoms with E-state index in [-0.39, 0.29) is 12.7 Å². The number of amides is 1. The van der Waals surface area contributed by atoms with Gasteiger partial charge in [0.25, 0.3) is 5.91 Å². The van der Waals surface area contributed by atoms with Crippen LogP contribution in [0.4, 0.5) is 0 Å². The maximum atomic E-state index is 12.2. The fraction of sp³-hybridized carbons (Fsp3) is 0.417. The molecule has 5 nitrogen and oxygen atoms in total. The van der Waals surface area contributed by atoms with Crippen LogP contribution < -0.4 is 9.47 Å². The zero-order valence-electron chi connectivity index (χ0n) is 9.56. The monoisotopic (exact) mass is 269 g/mol. The van der Waals surface area contributed by atoms with Crippen LogP contribution in [0.25, 0.3) is 0 Å². The number of hydrogen-bond acceptors (Lipinski definition) is 4. The van der Waals surface area contributed by atoms with E-state index in [4.69, 9.17) is 21.1 Å². The minimum Gasteiger partial charge on any atom is -0.454 e. The van der Waals surface area contributed by atoms with Crippen LogP contribution in [0.3, 0.4) is 0 Å². The van der Waals surface area contributed by atoms with Crippen LogP contribution in [-0.4, -0.2) is 41.9 Å². The van der Waals surface area contributed by atoms with Crippen LogP contribution in [0.2, 0.25) is 5.02 Å². The van der Waals surface area contributed by atoms with Gasteiger partial charge < -0.3 is 19.5 Å². The van der Waals surface area contributed by atoms with E-state index in [1.807, 2.05) is 0 Å². The number of ether oxygens (including phenoxy) is 2. The molecular weight excluding hydrogens is 258 g/mol. The summed E-state index contributed by atoms with van der Waals surface area (Å²) in [5, 5.41) is 9.81. The summed E-state index contributed by atoms with van der Waals surface area (Å²) in [7, 11) is 0. The molecule has 2 aliphatic rings. The number of fused-ring (bicyclic) bond motifs is 1. The summed E-state index contributed by atoms with van der Waals surface area (Å²) in [6.07, 6.45) is 0.183. The second-order valence-corrected chi connectivity index (χ2v) is 4.79. The molecule has 0 unspecified atom stereocenters. The van der Waals surface area contributed by atoms with Crippen LogP contribution in [-0.2, 0) is 0 Å². The number of nitrogens with zero attached hydrogens (tertiary/aromatic N) is 1. The fourth-order valence-electron chi connectivity index (χ4n) is 2.20. The lowest BCUT2D eigenvalue weighted by atomic mass is 10.2. The Morgan fingerprint density at radius 3 is 3.00 bits per heavy atom. The third-order valence-corrected chi connectivity index (χ3v) is 3.41. The molecule has 0 saturated carbocycles. The number of rotatable bonds is 1. The zero-order chi connectivity index (χ0) is 12.7. The van der Waals surface area contributed by atoms with Gasteiger partial charge in [-0.25, -0.2) is 0 Å². The Morgan fingerprint density at radius 2 is 2.28 bits per heavy atom. The van der Waals surface area contributed by atoms with Gasteiger partial charge in [-0.2, -0.15) is 0 Å². The summed E-state index contributed by atoms with van der Waals surface area (Å²) in [4.78, 5) is 13.8. The van der Waals surface area contributed by atoms with E-state index in [0.29, 0.717) is 41.6 Å². The van der Waals surface area contributed by atoms with E-state index in [2.05, 4.69) is 0 Å². The Morgan fingerprint density at radius 1 is 1.44 bits per heavy atom. The Labute approximate surface area is 109 Å². The Bertz CT molecular complexity index is 505. The summed E-state index contributed by atoms with van der Waals surface area (Å²) >= 11 is 6.03. The van der Waals surface area contributed by atoms with E-state index < -0.39 is 6.10 Å². The standard InChI is InChI=1S/C12H12ClNO4/c13-9-3-7(4-10-11(9)18-6-17-10)12(16)14-2-1-8(15)5-14/h3-4,8,15H,1-2,5-6H2/t8-/m1/s1. The lowest BCUT2D eigenvalue weighted by Gasteiger charge is -2.16. The Hall–Kier alpha value is -1.46. The number of aliphatic hydroxyl groups is 1. The SMILES string of the molecule is O=C(c1cc(Cl)c2c(c1)OCO2)N1CC[C@@H](O)C1. The first-order valence-electron chi connectivity index (χ1n) is 5.71. The van der Waals surface area contributed by atoms with Crippen LogP contribution in [0.5, 0.6) is 11.5 Å². The molecule has 1 aromatic rings. The largest absolute Gasteiger partial charge is 0.454 e. The third-order valence-electron chi connectivity index (χ3n) is 3.12. The molecular formula is C12H12ClNO4. The normalized spacial score (nSPS) is 21.4. The summed E-state index contributed by atoms with van der Waals surface area (Å²) in [6.45, 7) is 1.05. The third kappa shape index (κ3) is 1.89. The van der Waals surface area contributed by atoms with Crippen molar-refractivity contribution in [1.82, 2.24) is 4.90 Å². The number of carbonyl (C=O) groups excluding carboxylic acids is 1. The highest BCUT2D eigenvalue weighted by atomic mass is 35.5. The van der Waals surface area contributed by atoms with Crippen molar-refractivity contribution < 1.29 is 19.4 Å². The molecule has 2 heterocycles. The second-order valence-electron chi connectivity index (χ2n) is 4.39.